The molecule has 0 atom stereocenters. The highest BCUT2D eigenvalue weighted by Crippen LogP contribution is 2.15. The quantitative estimate of drug-likeness (QED) is 0.0168. The summed E-state index contributed by atoms with van der Waals surface area (Å²) in [6.07, 6.45) is 24.8. The molecule has 0 saturated heterocycles. The van der Waals surface area contributed by atoms with Gasteiger partial charge in [-0.05, 0) is 103 Å². The van der Waals surface area contributed by atoms with E-state index in [-0.39, 0.29) is 43.1 Å². The van der Waals surface area contributed by atoms with Crippen molar-refractivity contribution in [2.75, 3.05) is 24.6 Å². The molecule has 1 amide bonds. The van der Waals surface area contributed by atoms with Crippen LogP contribution in [0.5, 0.6) is 0 Å². The second-order valence-electron chi connectivity index (χ2n) is 17.0. The largest absolute Gasteiger partial charge is 0.443 e. The van der Waals surface area contributed by atoms with Crippen LogP contribution >= 0.6 is 12.4 Å². The Morgan fingerprint density at radius 3 is 2.10 bits per heavy atom. The average molecular weight is 951 g/mol. The lowest BCUT2D eigenvalue weighted by Gasteiger charge is -2.19. The number of nitrogens with two attached hydrogens (primary N) is 2. The van der Waals surface area contributed by atoms with E-state index in [2.05, 4.69) is 58.7 Å². The van der Waals surface area contributed by atoms with E-state index in [0.29, 0.717) is 25.3 Å². The van der Waals surface area contributed by atoms with Gasteiger partial charge in [-0.15, -0.1) is 29.8 Å². The Labute approximate surface area is 406 Å². The number of halogens is 1. The van der Waals surface area contributed by atoms with Crippen molar-refractivity contribution < 1.29 is 19.1 Å². The van der Waals surface area contributed by atoms with Gasteiger partial charge in [0.15, 0.2) is 5.95 Å². The Hall–Kier alpha value is -7.15. The van der Waals surface area contributed by atoms with Crippen LogP contribution in [0.15, 0.2) is 95.5 Å². The highest BCUT2D eigenvalue weighted by atomic mass is 35.5. The van der Waals surface area contributed by atoms with Crippen molar-refractivity contribution in [1.82, 2.24) is 39.8 Å². The first-order valence-electron chi connectivity index (χ1n) is 22.6. The second-order valence-corrected chi connectivity index (χ2v) is 17.0. The zero-order chi connectivity index (χ0) is 48.9. The number of nitrogens with one attached hydrogen (secondary N) is 2. The smallest absolute Gasteiger partial charge is 0.421 e. The number of benzene rings is 2. The Morgan fingerprint density at radius 2 is 1.50 bits per heavy atom. The number of aryl methyl sites for hydroxylation is 3. The highest BCUT2D eigenvalue weighted by molar-refractivity contribution is 5.85. The van der Waals surface area contributed by atoms with Gasteiger partial charge in [0.25, 0.3) is 0 Å². The molecule has 0 fully saturated rings. The van der Waals surface area contributed by atoms with Gasteiger partial charge in [0.05, 0.1) is 24.1 Å². The average Bonchev–Trinajstić information content (AvgIpc) is 4.03. The SMILES string of the molecule is C#CCCCCCc1cn(C(=O)OC(C)(C)C)c(N)n1.C/C(=C\c1ccccc1)CCC(=O)CN=[N+]=[N-].C/C(=C\c1ccccc1)CNC(=O)Cn1cc(CCCCCc2cnc(N)[nH]2)nn1.Cl. The zero-order valence-corrected chi connectivity index (χ0v) is 40.9. The summed E-state index contributed by atoms with van der Waals surface area (Å²) in [5.74, 6) is 3.14. The van der Waals surface area contributed by atoms with E-state index in [9.17, 15) is 14.4 Å². The number of carbonyl (C=O) groups is 3. The van der Waals surface area contributed by atoms with E-state index in [4.69, 9.17) is 28.2 Å². The number of hydrogen-bond acceptors (Lipinski definition) is 11. The maximum atomic E-state index is 12.2. The van der Waals surface area contributed by atoms with Crippen molar-refractivity contribution >= 4 is 54.2 Å². The number of ketones is 1. The number of imidazole rings is 2. The van der Waals surface area contributed by atoms with Crippen molar-refractivity contribution in [2.45, 2.75) is 124 Å². The van der Waals surface area contributed by atoms with Crippen LogP contribution in [0.4, 0.5) is 16.7 Å². The number of hydrogen-bond donors (Lipinski definition) is 4. The summed E-state index contributed by atoms with van der Waals surface area (Å²) in [7, 11) is 0. The number of aromatic amines is 1. The summed E-state index contributed by atoms with van der Waals surface area (Å²) >= 11 is 0. The van der Waals surface area contributed by atoms with Gasteiger partial charge in [0, 0.05) is 42.4 Å². The van der Waals surface area contributed by atoms with Crippen LogP contribution in [0.3, 0.4) is 0 Å². The number of azide groups is 1. The number of carbonyl (C=O) groups excluding carboxylic acids is 3. The molecule has 0 aliphatic heterocycles. The lowest BCUT2D eigenvalue weighted by molar-refractivity contribution is -0.121. The predicted molar refractivity (Wildman–Crippen MR) is 272 cm³/mol. The maximum absolute atomic E-state index is 12.2. The molecule has 0 saturated carbocycles. The molecule has 5 aromatic rings. The zero-order valence-electron chi connectivity index (χ0n) is 40.1. The Kier molecular flexibility index (Phi) is 26.6. The van der Waals surface area contributed by atoms with Crippen molar-refractivity contribution in [3.8, 4) is 12.3 Å². The monoisotopic (exact) mass is 950 g/mol. The van der Waals surface area contributed by atoms with Crippen molar-refractivity contribution in [2.24, 2.45) is 5.11 Å². The lowest BCUT2D eigenvalue weighted by atomic mass is 10.1. The van der Waals surface area contributed by atoms with Crippen LogP contribution in [-0.4, -0.2) is 71.0 Å². The van der Waals surface area contributed by atoms with Gasteiger partial charge in [-0.3, -0.25) is 9.59 Å². The summed E-state index contributed by atoms with van der Waals surface area (Å²) in [5, 5.41) is 14.4. The van der Waals surface area contributed by atoms with E-state index >= 15 is 0 Å². The van der Waals surface area contributed by atoms with Crippen molar-refractivity contribution in [3.05, 3.63) is 129 Å². The first-order valence-corrected chi connectivity index (χ1v) is 22.6. The number of allylic oxidation sites excluding steroid dienone is 1. The normalized spacial score (nSPS) is 11.1. The van der Waals surface area contributed by atoms with Crippen LogP contribution in [0.2, 0.25) is 0 Å². The number of anilines is 2. The number of terminal acetylenes is 1. The van der Waals surface area contributed by atoms with E-state index in [1.807, 2.05) is 101 Å². The van der Waals surface area contributed by atoms with E-state index in [1.165, 1.54) is 4.57 Å². The molecule has 17 nitrogen and oxygen atoms in total. The lowest BCUT2D eigenvalue weighted by Crippen LogP contribution is -2.29. The van der Waals surface area contributed by atoms with Gasteiger partial charge in [-0.2, -0.15) is 0 Å². The third kappa shape index (κ3) is 24.9. The van der Waals surface area contributed by atoms with Gasteiger partial charge in [-0.25, -0.2) is 24.0 Å². The topological polar surface area (TPSA) is 250 Å². The summed E-state index contributed by atoms with van der Waals surface area (Å²) < 4.78 is 8.10. The molecule has 0 spiro atoms. The molecule has 0 bridgehead atoms. The van der Waals surface area contributed by atoms with Gasteiger partial charge >= 0.3 is 6.09 Å². The van der Waals surface area contributed by atoms with Crippen LogP contribution in [0.1, 0.15) is 121 Å². The van der Waals surface area contributed by atoms with Crippen LogP contribution < -0.4 is 16.8 Å². The van der Waals surface area contributed by atoms with E-state index in [1.54, 1.807) is 17.1 Å². The molecule has 3 aromatic heterocycles. The maximum Gasteiger partial charge on any atom is 0.421 e. The van der Waals surface area contributed by atoms with Gasteiger partial charge in [-0.1, -0.05) is 107 Å². The van der Waals surface area contributed by atoms with Crippen molar-refractivity contribution in [1.29, 1.82) is 0 Å². The Balaban J connectivity index is 0.000000366. The summed E-state index contributed by atoms with van der Waals surface area (Å²) in [5.41, 5.74) is 26.1. The molecule has 68 heavy (non-hydrogen) atoms. The van der Waals surface area contributed by atoms with Gasteiger partial charge in [0.1, 0.15) is 17.9 Å². The Morgan fingerprint density at radius 1 is 0.882 bits per heavy atom. The number of H-pyrrole nitrogens is 1. The first-order chi connectivity index (χ1) is 32.1. The third-order valence-electron chi connectivity index (χ3n) is 9.64. The van der Waals surface area contributed by atoms with Crippen LogP contribution in [-0.2, 0) is 40.1 Å². The highest BCUT2D eigenvalue weighted by Gasteiger charge is 2.20. The predicted octanol–water partition coefficient (Wildman–Crippen LogP) is 9.91. The molecule has 0 radical (unpaired) electrons. The number of rotatable bonds is 22. The molecule has 3 heterocycles. The van der Waals surface area contributed by atoms with E-state index in [0.717, 1.165) is 104 Å². The fourth-order valence-electron chi connectivity index (χ4n) is 6.32. The third-order valence-corrected chi connectivity index (χ3v) is 9.64. The molecule has 2 aromatic carbocycles. The number of nitrogens with zero attached hydrogens (tertiary/aromatic N) is 9. The summed E-state index contributed by atoms with van der Waals surface area (Å²) in [6.45, 7) is 10.1. The van der Waals surface area contributed by atoms with E-state index < -0.39 is 11.7 Å². The van der Waals surface area contributed by atoms with Crippen LogP contribution in [0.25, 0.3) is 22.6 Å². The minimum atomic E-state index is -0.552. The standard InChI is InChI=1S/C22H29N7O.C15H23N3O2.C13H15N3O.ClH/c1-17(12-18-8-4-2-5-9-18)13-24-21(30)16-29-15-20(27-28-29)11-7-3-6-10-19-14-25-22(23)26-19;1-5-6-7-8-9-10-12-11-18(13(16)17-12)14(19)20-15(2,3)4;1-11(7-8-13(17)10-15-16-14)9-12-5-3-2-4-6-12;/h2,4-5,8-9,12,14-15H,3,6-7,10-11,13,16H2,1H3,(H,24,30)(H3,23,25,26);1,11H,6-10H2,2-4H3,(H2,16,17);2-6,9H,7-8,10H2,1H3;1H/b17-12+;;11-9+;. The number of Topliss-reactive ketones (excluding diaryl/α,β-unsaturated/α-hetero) is 1. The van der Waals surface area contributed by atoms with Gasteiger partial charge < -0.3 is 26.5 Å². The molecule has 18 heteroatoms. The molecule has 0 aliphatic rings. The van der Waals surface area contributed by atoms with Crippen LogP contribution in [0, 0.1) is 12.3 Å². The number of amides is 1. The molecule has 364 valence electrons. The molecule has 0 unspecified atom stereocenters. The summed E-state index contributed by atoms with van der Waals surface area (Å²) in [6, 6.07) is 20.0. The number of aromatic nitrogens is 7. The molecule has 0 aliphatic carbocycles. The van der Waals surface area contributed by atoms with Gasteiger partial charge in [0.2, 0.25) is 11.9 Å². The molecular formula is C50H68ClN13O4. The second kappa shape index (κ2) is 31.7. The Bertz CT molecular complexity index is 2420. The number of nitrogen functional groups attached to an aromatic ring is 2. The molecule has 5 rings (SSSR count). The minimum absolute atomic E-state index is 0. The van der Waals surface area contributed by atoms with Crippen molar-refractivity contribution in [3.63, 3.8) is 0 Å². The minimum Gasteiger partial charge on any atom is -0.443 e. The molecular weight excluding hydrogens is 882 g/mol. The number of ether oxygens (including phenoxy) is 1. The fourth-order valence-corrected chi connectivity index (χ4v) is 6.32. The first kappa shape index (κ1) is 57.0. The number of unbranched alkanes of at least 4 members (excludes halogenated alkanes) is 5. The summed E-state index contributed by atoms with van der Waals surface area (Å²) in [4.78, 5) is 49.1. The molecule has 6 N–H and O–H groups in total. The fraction of sp³-hybridized carbons (Fsp3) is 0.420.